The standard InChI is InChI=1S/C29H34Cl2N2O2/c1-19(2)16-26(34)28-25(10-13-32-28)33-14-11-29(12-15-33)18-35-27-17-20(7-9-22(27)29)6-8-21-23(30)4-3-5-24(21)31/h3-9,17,19,25,28,32H,10-16,18H2,1-2H3/b8-6+/t25?,28-/m0/s1. The van der Waals surface area contributed by atoms with Gasteiger partial charge in [0, 0.05) is 39.0 Å². The number of carbonyl (C=O) groups excluding carboxylic acids is 1. The number of likely N-dealkylation sites (tertiary alicyclic amines) is 1. The summed E-state index contributed by atoms with van der Waals surface area (Å²) < 4.78 is 6.22. The van der Waals surface area contributed by atoms with Crippen LogP contribution >= 0.6 is 23.2 Å². The van der Waals surface area contributed by atoms with E-state index in [2.05, 4.69) is 42.3 Å². The van der Waals surface area contributed by atoms with Crippen molar-refractivity contribution >= 4 is 41.1 Å². The minimum absolute atomic E-state index is 0.0143. The molecule has 2 aromatic carbocycles. The number of nitrogens with zero attached hydrogens (tertiary/aromatic N) is 1. The zero-order valence-electron chi connectivity index (χ0n) is 20.5. The summed E-state index contributed by atoms with van der Waals surface area (Å²) in [5.74, 6) is 1.76. The lowest BCUT2D eigenvalue weighted by Gasteiger charge is -2.42. The van der Waals surface area contributed by atoms with E-state index >= 15 is 0 Å². The lowest BCUT2D eigenvalue weighted by atomic mass is 9.74. The SMILES string of the molecule is CC(C)CC(=O)[C@H]1NCCC1N1CCC2(CC1)COc1cc(/C=C/c3c(Cl)cccc3Cl)ccc12. The van der Waals surface area contributed by atoms with Crippen molar-refractivity contribution in [3.8, 4) is 5.75 Å². The molecule has 2 saturated heterocycles. The molecule has 0 bridgehead atoms. The van der Waals surface area contributed by atoms with Crippen LogP contribution in [0.15, 0.2) is 36.4 Å². The lowest BCUT2D eigenvalue weighted by molar-refractivity contribution is -0.122. The van der Waals surface area contributed by atoms with E-state index in [1.807, 2.05) is 30.4 Å². The molecule has 1 spiro atoms. The minimum Gasteiger partial charge on any atom is -0.492 e. The first-order valence-electron chi connectivity index (χ1n) is 12.8. The van der Waals surface area contributed by atoms with Gasteiger partial charge in [-0.05, 0) is 68.6 Å². The molecular weight excluding hydrogens is 479 g/mol. The third-order valence-corrected chi connectivity index (χ3v) is 8.55. The number of rotatable bonds is 6. The normalized spacial score (nSPS) is 23.8. The highest BCUT2D eigenvalue weighted by Crippen LogP contribution is 2.46. The van der Waals surface area contributed by atoms with Gasteiger partial charge < -0.3 is 10.1 Å². The highest BCUT2D eigenvalue weighted by Gasteiger charge is 2.46. The summed E-state index contributed by atoms with van der Waals surface area (Å²) in [6.45, 7) is 7.93. The third-order valence-electron chi connectivity index (χ3n) is 7.89. The molecule has 3 heterocycles. The van der Waals surface area contributed by atoms with Gasteiger partial charge in [0.2, 0.25) is 0 Å². The Hall–Kier alpha value is -1.85. The van der Waals surface area contributed by atoms with Gasteiger partial charge in [-0.1, -0.05) is 67.4 Å². The Balaban J connectivity index is 1.26. The molecule has 35 heavy (non-hydrogen) atoms. The maximum Gasteiger partial charge on any atom is 0.151 e. The number of halogens is 2. The molecule has 0 aliphatic carbocycles. The van der Waals surface area contributed by atoms with Gasteiger partial charge >= 0.3 is 0 Å². The van der Waals surface area contributed by atoms with Crippen molar-refractivity contribution in [1.82, 2.24) is 10.2 Å². The second-order valence-corrected chi connectivity index (χ2v) is 11.5. The van der Waals surface area contributed by atoms with Crippen molar-refractivity contribution in [2.75, 3.05) is 26.2 Å². The van der Waals surface area contributed by atoms with Crippen LogP contribution in [0.25, 0.3) is 12.2 Å². The quantitative estimate of drug-likeness (QED) is 0.465. The Morgan fingerprint density at radius 1 is 1.17 bits per heavy atom. The topological polar surface area (TPSA) is 41.6 Å². The Morgan fingerprint density at radius 3 is 2.63 bits per heavy atom. The Kier molecular flexibility index (Phi) is 7.28. The monoisotopic (exact) mass is 512 g/mol. The maximum atomic E-state index is 12.8. The van der Waals surface area contributed by atoms with Gasteiger partial charge in [0.05, 0.1) is 12.6 Å². The predicted molar refractivity (Wildman–Crippen MR) is 144 cm³/mol. The summed E-state index contributed by atoms with van der Waals surface area (Å²) >= 11 is 12.6. The molecule has 2 fully saturated rings. The smallest absolute Gasteiger partial charge is 0.151 e. The molecule has 6 heteroatoms. The third kappa shape index (κ3) is 5.04. The molecule has 0 amide bonds. The van der Waals surface area contributed by atoms with Crippen molar-refractivity contribution in [2.45, 2.75) is 57.0 Å². The van der Waals surface area contributed by atoms with E-state index in [9.17, 15) is 4.79 Å². The molecule has 0 saturated carbocycles. The second-order valence-electron chi connectivity index (χ2n) is 10.7. The van der Waals surface area contributed by atoms with Gasteiger partial charge in [-0.25, -0.2) is 0 Å². The van der Waals surface area contributed by atoms with Crippen LogP contribution in [0.4, 0.5) is 0 Å². The maximum absolute atomic E-state index is 12.8. The summed E-state index contributed by atoms with van der Waals surface area (Å²) in [5, 5.41) is 4.77. The summed E-state index contributed by atoms with van der Waals surface area (Å²) in [4.78, 5) is 15.4. The van der Waals surface area contributed by atoms with E-state index in [1.165, 1.54) is 5.56 Å². The van der Waals surface area contributed by atoms with E-state index in [0.29, 0.717) is 34.2 Å². The molecule has 3 aliphatic rings. The molecule has 186 valence electrons. The summed E-state index contributed by atoms with van der Waals surface area (Å²) in [7, 11) is 0. The average molecular weight is 514 g/mol. The fraction of sp³-hybridized carbons (Fsp3) is 0.483. The number of ketones is 1. The van der Waals surface area contributed by atoms with Gasteiger partial charge in [-0.3, -0.25) is 9.69 Å². The van der Waals surface area contributed by atoms with Crippen LogP contribution in [0, 0.1) is 5.92 Å². The number of piperidine rings is 1. The fourth-order valence-corrected chi connectivity index (χ4v) is 6.50. The Labute approximate surface area is 218 Å². The molecule has 0 aromatic heterocycles. The Morgan fingerprint density at radius 2 is 1.91 bits per heavy atom. The van der Waals surface area contributed by atoms with E-state index in [0.717, 1.165) is 62.4 Å². The summed E-state index contributed by atoms with van der Waals surface area (Å²) in [6, 6.07) is 12.4. The van der Waals surface area contributed by atoms with Crippen LogP contribution in [0.3, 0.4) is 0 Å². The van der Waals surface area contributed by atoms with E-state index in [4.69, 9.17) is 27.9 Å². The van der Waals surface area contributed by atoms with Gasteiger partial charge in [0.15, 0.2) is 5.78 Å². The average Bonchev–Trinajstić information content (AvgIpc) is 3.45. The van der Waals surface area contributed by atoms with Crippen LogP contribution in [-0.4, -0.2) is 49.0 Å². The number of ether oxygens (including phenoxy) is 1. The van der Waals surface area contributed by atoms with Gasteiger partial charge in [-0.2, -0.15) is 0 Å². The van der Waals surface area contributed by atoms with Crippen molar-refractivity contribution in [3.63, 3.8) is 0 Å². The molecule has 2 aromatic rings. The van der Waals surface area contributed by atoms with Crippen LogP contribution in [0.1, 0.15) is 56.2 Å². The molecule has 4 nitrogen and oxygen atoms in total. The van der Waals surface area contributed by atoms with Gasteiger partial charge in [-0.15, -0.1) is 0 Å². The number of hydrogen-bond acceptors (Lipinski definition) is 4. The number of Topliss-reactive ketones (excluding diaryl/α,β-unsaturated/α-hetero) is 1. The number of benzene rings is 2. The van der Waals surface area contributed by atoms with Crippen molar-refractivity contribution in [3.05, 3.63) is 63.1 Å². The van der Waals surface area contributed by atoms with Crippen molar-refractivity contribution in [1.29, 1.82) is 0 Å². The predicted octanol–water partition coefficient (Wildman–Crippen LogP) is 6.24. The number of nitrogens with one attached hydrogen (secondary N) is 1. The van der Waals surface area contributed by atoms with Crippen LogP contribution in [0.5, 0.6) is 5.75 Å². The van der Waals surface area contributed by atoms with Crippen molar-refractivity contribution in [2.24, 2.45) is 5.92 Å². The number of fused-ring (bicyclic) bond motifs is 2. The summed E-state index contributed by atoms with van der Waals surface area (Å²) in [5.41, 5.74) is 3.29. The van der Waals surface area contributed by atoms with E-state index in [-0.39, 0.29) is 11.5 Å². The largest absolute Gasteiger partial charge is 0.492 e. The molecule has 1 unspecified atom stereocenters. The molecule has 0 radical (unpaired) electrons. The second kappa shape index (κ2) is 10.3. The first-order valence-corrected chi connectivity index (χ1v) is 13.5. The lowest BCUT2D eigenvalue weighted by Crippen LogP contribution is -2.53. The molecule has 2 atom stereocenters. The number of hydrogen-bond donors (Lipinski definition) is 1. The molecule has 5 rings (SSSR count). The Bertz CT molecular complexity index is 1100. The van der Waals surface area contributed by atoms with Crippen LogP contribution in [-0.2, 0) is 10.2 Å². The summed E-state index contributed by atoms with van der Waals surface area (Å²) in [6.07, 6.45) is 7.83. The first kappa shape index (κ1) is 24.8. The van der Waals surface area contributed by atoms with Crippen LogP contribution in [0.2, 0.25) is 10.0 Å². The van der Waals surface area contributed by atoms with E-state index in [1.54, 1.807) is 0 Å². The highest BCUT2D eigenvalue weighted by molar-refractivity contribution is 6.37. The molecule has 3 aliphatic heterocycles. The van der Waals surface area contributed by atoms with Gasteiger partial charge in [0.25, 0.3) is 0 Å². The van der Waals surface area contributed by atoms with Gasteiger partial charge in [0.1, 0.15) is 5.75 Å². The van der Waals surface area contributed by atoms with E-state index < -0.39 is 0 Å². The molecular formula is C29H34Cl2N2O2. The number of carbonyl (C=O) groups is 1. The van der Waals surface area contributed by atoms with Crippen LogP contribution < -0.4 is 10.1 Å². The highest BCUT2D eigenvalue weighted by atomic mass is 35.5. The first-order chi connectivity index (χ1) is 16.9. The fourth-order valence-electron chi connectivity index (χ4n) is 5.98. The zero-order chi connectivity index (χ0) is 24.6. The van der Waals surface area contributed by atoms with Crippen molar-refractivity contribution < 1.29 is 9.53 Å². The zero-order valence-corrected chi connectivity index (χ0v) is 22.0. The minimum atomic E-state index is -0.0143. The molecule has 1 N–H and O–H groups in total.